The number of thiazole rings is 1. The van der Waals surface area contributed by atoms with Crippen LogP contribution in [0, 0.1) is 6.92 Å². The second-order valence-electron chi connectivity index (χ2n) is 6.42. The van der Waals surface area contributed by atoms with E-state index in [2.05, 4.69) is 36.5 Å². The molecule has 6 nitrogen and oxygen atoms in total. The number of hydrogen-bond acceptors (Lipinski definition) is 5. The van der Waals surface area contributed by atoms with Gasteiger partial charge in [0.25, 0.3) is 0 Å². The summed E-state index contributed by atoms with van der Waals surface area (Å²) in [7, 11) is 3.87. The van der Waals surface area contributed by atoms with Gasteiger partial charge >= 0.3 is 0 Å². The summed E-state index contributed by atoms with van der Waals surface area (Å²) in [5.41, 5.74) is 1.08. The topological polar surface area (TPSA) is 56.9 Å². The molecule has 1 aliphatic heterocycles. The van der Waals surface area contributed by atoms with Gasteiger partial charge in [-0.25, -0.2) is 4.98 Å². The summed E-state index contributed by atoms with van der Waals surface area (Å²) < 4.78 is 5.69. The molecule has 8 heteroatoms. The first-order valence-electron chi connectivity index (χ1n) is 8.77. The van der Waals surface area contributed by atoms with E-state index in [1.54, 1.807) is 17.6 Å². The van der Waals surface area contributed by atoms with Crippen LogP contribution < -0.4 is 5.32 Å². The lowest BCUT2D eigenvalue weighted by Crippen LogP contribution is -2.43. The number of hydrogen-bond donors (Lipinski definition) is 1. The molecule has 1 aliphatic rings. The second-order valence-corrected chi connectivity index (χ2v) is 7.48. The molecule has 2 aromatic heterocycles. The Kier molecular flexibility index (Phi) is 8.36. The van der Waals surface area contributed by atoms with Crippen LogP contribution in [0.3, 0.4) is 0 Å². The SMILES string of the molecule is CN=C(NCC(c1ccco1)N1CCCC1)N(C)Cc1csc(C)n1.I. The standard InChI is InChI=1S/C18H27N5OS.HI/c1-14-21-15(13-25-14)12-22(3)18(19-2)20-11-16(17-7-6-10-24-17)23-8-4-5-9-23;/h6-7,10,13,16H,4-5,8-9,11-12H2,1-3H3,(H,19,20);1H. The maximum Gasteiger partial charge on any atom is 0.193 e. The molecular weight excluding hydrogens is 461 g/mol. The number of furan rings is 1. The smallest absolute Gasteiger partial charge is 0.193 e. The molecule has 3 rings (SSSR count). The number of likely N-dealkylation sites (tertiary alicyclic amines) is 1. The van der Waals surface area contributed by atoms with Gasteiger partial charge in [0.2, 0.25) is 0 Å². The van der Waals surface area contributed by atoms with Crippen LogP contribution in [-0.4, -0.2) is 54.5 Å². The van der Waals surface area contributed by atoms with E-state index >= 15 is 0 Å². The summed E-state index contributed by atoms with van der Waals surface area (Å²) in [6.07, 6.45) is 4.27. The molecule has 0 aliphatic carbocycles. The number of aryl methyl sites for hydroxylation is 1. The second kappa shape index (κ2) is 10.3. The van der Waals surface area contributed by atoms with Gasteiger partial charge in [0.05, 0.1) is 29.6 Å². The predicted octanol–water partition coefficient (Wildman–Crippen LogP) is 3.51. The van der Waals surface area contributed by atoms with Crippen molar-refractivity contribution in [2.45, 2.75) is 32.4 Å². The lowest BCUT2D eigenvalue weighted by atomic mass is 10.2. The van der Waals surface area contributed by atoms with Gasteiger partial charge in [-0.2, -0.15) is 0 Å². The van der Waals surface area contributed by atoms with Crippen LogP contribution in [0.2, 0.25) is 0 Å². The van der Waals surface area contributed by atoms with Crippen molar-refractivity contribution >= 4 is 41.3 Å². The Balaban J connectivity index is 0.00000243. The third-order valence-electron chi connectivity index (χ3n) is 4.55. The monoisotopic (exact) mass is 489 g/mol. The molecule has 144 valence electrons. The highest BCUT2D eigenvalue weighted by Gasteiger charge is 2.26. The van der Waals surface area contributed by atoms with E-state index in [1.807, 2.05) is 27.1 Å². The van der Waals surface area contributed by atoms with E-state index in [1.165, 1.54) is 12.8 Å². The van der Waals surface area contributed by atoms with Crippen molar-refractivity contribution in [3.8, 4) is 0 Å². The number of aliphatic imine (C=N–C) groups is 1. The molecule has 1 unspecified atom stereocenters. The molecule has 26 heavy (non-hydrogen) atoms. The third-order valence-corrected chi connectivity index (χ3v) is 5.37. The molecule has 0 bridgehead atoms. The number of guanidine groups is 1. The summed E-state index contributed by atoms with van der Waals surface area (Å²) in [5.74, 6) is 1.89. The highest BCUT2D eigenvalue weighted by Crippen LogP contribution is 2.25. The molecular formula is C18H28IN5OS. The first-order valence-corrected chi connectivity index (χ1v) is 9.65. The highest BCUT2D eigenvalue weighted by atomic mass is 127. The lowest BCUT2D eigenvalue weighted by molar-refractivity contribution is 0.214. The van der Waals surface area contributed by atoms with Crippen LogP contribution in [0.25, 0.3) is 0 Å². The van der Waals surface area contributed by atoms with E-state index in [9.17, 15) is 0 Å². The van der Waals surface area contributed by atoms with E-state index in [0.29, 0.717) is 0 Å². The molecule has 2 aromatic rings. The van der Waals surface area contributed by atoms with E-state index in [-0.39, 0.29) is 30.0 Å². The molecule has 0 saturated carbocycles. The quantitative estimate of drug-likeness (QED) is 0.383. The fourth-order valence-corrected chi connectivity index (χ4v) is 3.92. The van der Waals surface area contributed by atoms with Crippen molar-refractivity contribution in [1.82, 2.24) is 20.1 Å². The Bertz CT molecular complexity index is 682. The highest BCUT2D eigenvalue weighted by molar-refractivity contribution is 14.0. The summed E-state index contributed by atoms with van der Waals surface area (Å²) >= 11 is 1.68. The Labute approximate surface area is 176 Å². The molecule has 1 saturated heterocycles. The Morgan fingerprint density at radius 1 is 1.46 bits per heavy atom. The molecule has 0 amide bonds. The first-order chi connectivity index (χ1) is 12.2. The number of rotatable bonds is 6. The normalized spacial score (nSPS) is 16.3. The van der Waals surface area contributed by atoms with Crippen LogP contribution >= 0.6 is 35.3 Å². The minimum absolute atomic E-state index is 0. The molecule has 3 heterocycles. The maximum absolute atomic E-state index is 5.69. The fraction of sp³-hybridized carbons (Fsp3) is 0.556. The van der Waals surface area contributed by atoms with Crippen molar-refractivity contribution in [1.29, 1.82) is 0 Å². The zero-order valence-electron chi connectivity index (χ0n) is 15.6. The average molecular weight is 489 g/mol. The largest absolute Gasteiger partial charge is 0.468 e. The van der Waals surface area contributed by atoms with Crippen molar-refractivity contribution in [2.75, 3.05) is 33.7 Å². The van der Waals surface area contributed by atoms with E-state index in [4.69, 9.17) is 4.42 Å². The fourth-order valence-electron chi connectivity index (χ4n) is 3.32. The Hall–Kier alpha value is -1.13. The molecule has 0 spiro atoms. The van der Waals surface area contributed by atoms with Crippen LogP contribution in [0.5, 0.6) is 0 Å². The summed E-state index contributed by atoms with van der Waals surface area (Å²) in [5, 5.41) is 6.71. The molecule has 0 radical (unpaired) electrons. The van der Waals surface area contributed by atoms with E-state index < -0.39 is 0 Å². The predicted molar refractivity (Wildman–Crippen MR) is 117 cm³/mol. The van der Waals surface area contributed by atoms with Crippen LogP contribution in [0.1, 0.15) is 35.3 Å². The maximum atomic E-state index is 5.69. The van der Waals surface area contributed by atoms with E-state index in [0.717, 1.165) is 48.6 Å². The van der Waals surface area contributed by atoms with Crippen molar-refractivity contribution in [2.24, 2.45) is 4.99 Å². The van der Waals surface area contributed by atoms with Crippen molar-refractivity contribution < 1.29 is 4.42 Å². The van der Waals surface area contributed by atoms with Gasteiger partial charge in [0.15, 0.2) is 5.96 Å². The number of halogens is 1. The first kappa shape index (κ1) is 21.2. The average Bonchev–Trinajstić information content (AvgIpc) is 3.35. The van der Waals surface area contributed by atoms with Crippen LogP contribution in [-0.2, 0) is 6.54 Å². The van der Waals surface area contributed by atoms with Gasteiger partial charge in [0.1, 0.15) is 5.76 Å². The summed E-state index contributed by atoms with van der Waals surface area (Å²) in [4.78, 5) is 13.6. The van der Waals surface area contributed by atoms with Crippen molar-refractivity contribution in [3.05, 3.63) is 40.2 Å². The van der Waals surface area contributed by atoms with Gasteiger partial charge in [-0.3, -0.25) is 9.89 Å². The number of nitrogens with one attached hydrogen (secondary N) is 1. The Morgan fingerprint density at radius 2 is 2.23 bits per heavy atom. The molecule has 1 atom stereocenters. The number of aromatic nitrogens is 1. The zero-order chi connectivity index (χ0) is 17.6. The van der Waals surface area contributed by atoms with Gasteiger partial charge in [0, 0.05) is 26.0 Å². The van der Waals surface area contributed by atoms with Crippen LogP contribution in [0.15, 0.2) is 33.2 Å². The van der Waals surface area contributed by atoms with Crippen LogP contribution in [0.4, 0.5) is 0 Å². The Morgan fingerprint density at radius 3 is 2.81 bits per heavy atom. The molecule has 1 N–H and O–H groups in total. The van der Waals surface area contributed by atoms with Gasteiger partial charge in [-0.1, -0.05) is 0 Å². The number of nitrogens with zero attached hydrogens (tertiary/aromatic N) is 4. The minimum Gasteiger partial charge on any atom is -0.468 e. The van der Waals surface area contributed by atoms with Gasteiger partial charge in [-0.15, -0.1) is 35.3 Å². The summed E-state index contributed by atoms with van der Waals surface area (Å²) in [6.45, 7) is 5.81. The van der Waals surface area contributed by atoms with Gasteiger partial charge in [-0.05, 0) is 45.0 Å². The molecule has 0 aromatic carbocycles. The van der Waals surface area contributed by atoms with Crippen molar-refractivity contribution in [3.63, 3.8) is 0 Å². The summed E-state index contributed by atoms with van der Waals surface area (Å²) in [6, 6.07) is 4.27. The zero-order valence-corrected chi connectivity index (χ0v) is 18.8. The third kappa shape index (κ3) is 5.43. The molecule has 1 fully saturated rings. The lowest BCUT2D eigenvalue weighted by Gasteiger charge is -2.28. The minimum atomic E-state index is 0. The van der Waals surface area contributed by atoms with Gasteiger partial charge < -0.3 is 14.6 Å².